The van der Waals surface area contributed by atoms with Crippen molar-refractivity contribution in [2.24, 2.45) is 0 Å². The Morgan fingerprint density at radius 2 is 2.04 bits per heavy atom. The molecule has 3 N–H and O–H groups in total. The van der Waals surface area contributed by atoms with Crippen LogP contribution in [0.25, 0.3) is 11.1 Å². The fourth-order valence-electron chi connectivity index (χ4n) is 2.98. The predicted molar refractivity (Wildman–Crippen MR) is 101 cm³/mol. The van der Waals surface area contributed by atoms with Crippen LogP contribution in [0.2, 0.25) is 0 Å². The van der Waals surface area contributed by atoms with E-state index in [9.17, 15) is 9.90 Å². The molecule has 132 valence electrons. The lowest BCUT2D eigenvalue weighted by molar-refractivity contribution is 0.0704. The van der Waals surface area contributed by atoms with E-state index in [4.69, 9.17) is 5.73 Å². The Labute approximate surface area is 148 Å². The van der Waals surface area contributed by atoms with Gasteiger partial charge < -0.3 is 10.8 Å². The normalized spacial score (nSPS) is 12.4. The number of nitrogen functional groups attached to an aromatic ring is 1. The van der Waals surface area contributed by atoms with Gasteiger partial charge in [-0.3, -0.25) is 9.88 Å². The summed E-state index contributed by atoms with van der Waals surface area (Å²) >= 11 is 0. The molecule has 0 saturated carbocycles. The molecule has 2 aromatic rings. The Hall–Kier alpha value is -2.82. The van der Waals surface area contributed by atoms with Crippen LogP contribution in [0.4, 0.5) is 10.5 Å². The first-order valence-electron chi connectivity index (χ1n) is 8.18. The average molecular weight is 339 g/mol. The number of carbonyl (C=O) groups is 1. The summed E-state index contributed by atoms with van der Waals surface area (Å²) in [5, 5.41) is 9.75. The van der Waals surface area contributed by atoms with E-state index in [1.165, 1.54) is 4.90 Å². The lowest BCUT2D eigenvalue weighted by atomic mass is 9.95. The Kier molecular flexibility index (Phi) is 5.47. The number of nitrogens with two attached hydrogens (primary N) is 1. The lowest BCUT2D eigenvalue weighted by Crippen LogP contribution is -2.47. The van der Waals surface area contributed by atoms with E-state index >= 15 is 0 Å². The highest BCUT2D eigenvalue weighted by molar-refractivity contribution is 5.76. The minimum Gasteiger partial charge on any atom is -0.465 e. The highest BCUT2D eigenvalue weighted by atomic mass is 16.4. The van der Waals surface area contributed by atoms with E-state index in [-0.39, 0.29) is 6.04 Å². The van der Waals surface area contributed by atoms with E-state index in [0.717, 1.165) is 16.7 Å². The zero-order chi connectivity index (χ0) is 18.6. The molecule has 0 aliphatic heterocycles. The standard InChI is InChI=1S/C20H25N3O2/c1-5-8-18(23(19(24)25)20(2,3)4)15-11-14(12-22-13-15)16-9-6-7-10-17(16)21/h5-7,9-13,18H,1,8,21H2,2-4H3,(H,24,25). The molecule has 0 fully saturated rings. The van der Waals surface area contributed by atoms with Gasteiger partial charge >= 0.3 is 6.09 Å². The molecule has 0 aliphatic rings. The molecule has 0 radical (unpaired) electrons. The second kappa shape index (κ2) is 7.38. The zero-order valence-electron chi connectivity index (χ0n) is 14.9. The van der Waals surface area contributed by atoms with Crippen molar-refractivity contribution in [3.63, 3.8) is 0 Å². The van der Waals surface area contributed by atoms with Crippen molar-refractivity contribution in [2.45, 2.75) is 38.8 Å². The topological polar surface area (TPSA) is 79.5 Å². The number of rotatable bonds is 5. The minimum atomic E-state index is -0.969. The van der Waals surface area contributed by atoms with Crippen molar-refractivity contribution in [3.8, 4) is 11.1 Å². The predicted octanol–water partition coefficient (Wildman–Crippen LogP) is 4.73. The van der Waals surface area contributed by atoms with Gasteiger partial charge in [-0.05, 0) is 44.9 Å². The number of nitrogens with zero attached hydrogens (tertiary/aromatic N) is 2. The van der Waals surface area contributed by atoms with Crippen LogP contribution in [-0.2, 0) is 0 Å². The molecule has 25 heavy (non-hydrogen) atoms. The molecule has 0 bridgehead atoms. The van der Waals surface area contributed by atoms with E-state index in [0.29, 0.717) is 12.1 Å². The first kappa shape index (κ1) is 18.5. The molecule has 1 atom stereocenters. The van der Waals surface area contributed by atoms with Gasteiger partial charge in [-0.1, -0.05) is 24.3 Å². The number of amides is 1. The maximum absolute atomic E-state index is 11.9. The molecule has 0 spiro atoms. The number of benzene rings is 1. The third-order valence-corrected chi connectivity index (χ3v) is 4.05. The molecule has 1 aromatic heterocycles. The number of pyridine rings is 1. The fraction of sp³-hybridized carbons (Fsp3) is 0.300. The number of hydrogen-bond donors (Lipinski definition) is 2. The molecular weight excluding hydrogens is 314 g/mol. The summed E-state index contributed by atoms with van der Waals surface area (Å²) in [5.74, 6) is 0. The monoisotopic (exact) mass is 339 g/mol. The second-order valence-corrected chi connectivity index (χ2v) is 6.96. The SMILES string of the molecule is C=CCC(c1cncc(-c2ccccc2N)c1)N(C(=O)O)C(C)(C)C. The fourth-order valence-corrected chi connectivity index (χ4v) is 2.98. The van der Waals surface area contributed by atoms with Gasteiger partial charge in [0.2, 0.25) is 0 Å². The number of aromatic nitrogens is 1. The molecule has 5 nitrogen and oxygen atoms in total. The summed E-state index contributed by atoms with van der Waals surface area (Å²) < 4.78 is 0. The summed E-state index contributed by atoms with van der Waals surface area (Å²) in [6.45, 7) is 9.42. The molecule has 5 heteroatoms. The first-order valence-corrected chi connectivity index (χ1v) is 8.18. The third-order valence-electron chi connectivity index (χ3n) is 4.05. The van der Waals surface area contributed by atoms with Gasteiger partial charge in [-0.25, -0.2) is 4.79 Å². The molecule has 0 aliphatic carbocycles. The van der Waals surface area contributed by atoms with E-state index < -0.39 is 11.6 Å². The van der Waals surface area contributed by atoms with Crippen LogP contribution in [0.5, 0.6) is 0 Å². The third kappa shape index (κ3) is 4.18. The van der Waals surface area contributed by atoms with Crippen LogP contribution in [0.1, 0.15) is 38.8 Å². The maximum Gasteiger partial charge on any atom is 0.408 e. The minimum absolute atomic E-state index is 0.368. The smallest absolute Gasteiger partial charge is 0.408 e. The van der Waals surface area contributed by atoms with Crippen molar-refractivity contribution < 1.29 is 9.90 Å². The molecule has 1 heterocycles. The number of anilines is 1. The molecular formula is C20H25N3O2. The van der Waals surface area contributed by atoms with Gasteiger partial charge in [-0.15, -0.1) is 6.58 Å². The number of hydrogen-bond acceptors (Lipinski definition) is 3. The Balaban J connectivity index is 2.53. The molecule has 1 amide bonds. The summed E-state index contributed by atoms with van der Waals surface area (Å²) in [4.78, 5) is 17.7. The Bertz CT molecular complexity index is 766. The number of para-hydroxylation sites is 1. The highest BCUT2D eigenvalue weighted by Crippen LogP contribution is 2.34. The number of carboxylic acid groups (broad SMARTS) is 1. The van der Waals surface area contributed by atoms with Crippen molar-refractivity contribution in [1.82, 2.24) is 9.88 Å². The van der Waals surface area contributed by atoms with Gasteiger partial charge in [0.25, 0.3) is 0 Å². The van der Waals surface area contributed by atoms with Gasteiger partial charge in [0, 0.05) is 34.7 Å². The van der Waals surface area contributed by atoms with Crippen molar-refractivity contribution in [1.29, 1.82) is 0 Å². The summed E-state index contributed by atoms with van der Waals surface area (Å²) in [5.41, 5.74) is 8.74. The average Bonchev–Trinajstić information content (AvgIpc) is 2.53. The van der Waals surface area contributed by atoms with E-state index in [1.807, 2.05) is 51.1 Å². The highest BCUT2D eigenvalue weighted by Gasteiger charge is 2.33. The van der Waals surface area contributed by atoms with Crippen LogP contribution in [-0.4, -0.2) is 26.6 Å². The quantitative estimate of drug-likeness (QED) is 0.610. The van der Waals surface area contributed by atoms with E-state index in [1.54, 1.807) is 18.5 Å². The summed E-state index contributed by atoms with van der Waals surface area (Å²) in [7, 11) is 0. The molecule has 0 saturated heterocycles. The zero-order valence-corrected chi connectivity index (χ0v) is 14.9. The molecule has 1 aromatic carbocycles. The lowest BCUT2D eigenvalue weighted by Gasteiger charge is -2.39. The second-order valence-electron chi connectivity index (χ2n) is 6.96. The maximum atomic E-state index is 11.9. The Morgan fingerprint density at radius 3 is 2.60 bits per heavy atom. The van der Waals surface area contributed by atoms with Crippen molar-refractivity contribution >= 4 is 11.8 Å². The Morgan fingerprint density at radius 1 is 1.36 bits per heavy atom. The van der Waals surface area contributed by atoms with Gasteiger partial charge in [0.05, 0.1) is 6.04 Å². The van der Waals surface area contributed by atoms with Crippen LogP contribution in [0.15, 0.2) is 55.4 Å². The van der Waals surface area contributed by atoms with Gasteiger partial charge in [0.1, 0.15) is 0 Å². The van der Waals surface area contributed by atoms with Crippen LogP contribution in [0.3, 0.4) is 0 Å². The molecule has 2 rings (SSSR count). The first-order chi connectivity index (χ1) is 11.8. The van der Waals surface area contributed by atoms with Gasteiger partial charge in [-0.2, -0.15) is 0 Å². The molecule has 1 unspecified atom stereocenters. The van der Waals surface area contributed by atoms with Gasteiger partial charge in [0.15, 0.2) is 0 Å². The van der Waals surface area contributed by atoms with Crippen molar-refractivity contribution in [2.75, 3.05) is 5.73 Å². The van der Waals surface area contributed by atoms with Crippen molar-refractivity contribution in [3.05, 3.63) is 60.9 Å². The van der Waals surface area contributed by atoms with Crippen LogP contribution < -0.4 is 5.73 Å². The summed E-state index contributed by atoms with van der Waals surface area (Å²) in [6.07, 6.45) is 4.71. The van der Waals surface area contributed by atoms with Crippen LogP contribution >= 0.6 is 0 Å². The van der Waals surface area contributed by atoms with E-state index in [2.05, 4.69) is 11.6 Å². The van der Waals surface area contributed by atoms with Crippen LogP contribution in [0, 0.1) is 0 Å². The summed E-state index contributed by atoms with van der Waals surface area (Å²) in [6, 6.07) is 9.14. The largest absolute Gasteiger partial charge is 0.465 e.